The number of aliphatic carboxylic acids is 1. The second-order valence-electron chi connectivity index (χ2n) is 4.30. The van der Waals surface area contributed by atoms with Crippen molar-refractivity contribution in [1.82, 2.24) is 10.6 Å². The number of amides is 1. The number of carboxylic acids is 1. The Morgan fingerprint density at radius 2 is 1.89 bits per heavy atom. The summed E-state index contributed by atoms with van der Waals surface area (Å²) in [5.41, 5.74) is 0.640. The molecule has 5 heteroatoms. The van der Waals surface area contributed by atoms with Gasteiger partial charge in [0.25, 0.3) is 5.91 Å². The van der Waals surface area contributed by atoms with Gasteiger partial charge in [0.1, 0.15) is 6.04 Å². The standard InChI is InChI=1S/C14H20N2O3/c1-15-12(14(18)19)9-5-6-10-16-13(17)11-7-3-2-4-8-11/h2-4,7-8,12,15H,5-6,9-10H2,1H3,(H,16,17)(H,18,19)/t12-/m0/s1. The normalized spacial score (nSPS) is 11.8. The Morgan fingerprint density at radius 3 is 2.47 bits per heavy atom. The first-order valence-electron chi connectivity index (χ1n) is 6.38. The molecule has 104 valence electrons. The van der Waals surface area contributed by atoms with Crippen molar-refractivity contribution in [3.63, 3.8) is 0 Å². The molecule has 1 amide bonds. The minimum atomic E-state index is -0.837. The van der Waals surface area contributed by atoms with Gasteiger partial charge in [0.2, 0.25) is 0 Å². The Bertz CT molecular complexity index is 406. The quantitative estimate of drug-likeness (QED) is 0.618. The zero-order chi connectivity index (χ0) is 14.1. The monoisotopic (exact) mass is 264 g/mol. The van der Waals surface area contributed by atoms with Gasteiger partial charge in [-0.3, -0.25) is 9.59 Å². The third-order valence-corrected chi connectivity index (χ3v) is 2.89. The highest BCUT2D eigenvalue weighted by Gasteiger charge is 2.13. The molecule has 1 aromatic carbocycles. The highest BCUT2D eigenvalue weighted by Crippen LogP contribution is 2.01. The lowest BCUT2D eigenvalue weighted by Gasteiger charge is -2.10. The number of hydrogen-bond acceptors (Lipinski definition) is 3. The smallest absolute Gasteiger partial charge is 0.320 e. The number of nitrogens with one attached hydrogen (secondary N) is 2. The summed E-state index contributed by atoms with van der Waals surface area (Å²) in [6.07, 6.45) is 2.09. The van der Waals surface area contributed by atoms with Crippen molar-refractivity contribution in [3.05, 3.63) is 35.9 Å². The van der Waals surface area contributed by atoms with Gasteiger partial charge in [-0.15, -0.1) is 0 Å². The molecule has 1 rings (SSSR count). The van der Waals surface area contributed by atoms with Crippen molar-refractivity contribution in [2.75, 3.05) is 13.6 Å². The van der Waals surface area contributed by atoms with Crippen molar-refractivity contribution in [2.24, 2.45) is 0 Å². The molecule has 0 aliphatic carbocycles. The summed E-state index contributed by atoms with van der Waals surface area (Å²) >= 11 is 0. The molecule has 19 heavy (non-hydrogen) atoms. The molecule has 1 atom stereocenters. The van der Waals surface area contributed by atoms with E-state index in [1.165, 1.54) is 0 Å². The van der Waals surface area contributed by atoms with Crippen molar-refractivity contribution in [2.45, 2.75) is 25.3 Å². The van der Waals surface area contributed by atoms with E-state index in [-0.39, 0.29) is 5.91 Å². The number of carbonyl (C=O) groups excluding carboxylic acids is 1. The SMILES string of the molecule is CN[C@@H](CCCCNC(=O)c1ccccc1)C(=O)O. The van der Waals surface area contributed by atoms with Crippen LogP contribution in [0, 0.1) is 0 Å². The van der Waals surface area contributed by atoms with Crippen molar-refractivity contribution in [1.29, 1.82) is 0 Å². The Morgan fingerprint density at radius 1 is 1.21 bits per heavy atom. The lowest BCUT2D eigenvalue weighted by molar-refractivity contribution is -0.139. The number of benzene rings is 1. The first-order chi connectivity index (χ1) is 9.15. The Kier molecular flexibility index (Phi) is 6.60. The van der Waals surface area contributed by atoms with Crippen LogP contribution in [0.3, 0.4) is 0 Å². The topological polar surface area (TPSA) is 78.4 Å². The number of hydrogen-bond donors (Lipinski definition) is 3. The van der Waals surface area contributed by atoms with Crippen LogP contribution in [0.25, 0.3) is 0 Å². The lowest BCUT2D eigenvalue weighted by Crippen LogP contribution is -2.33. The van der Waals surface area contributed by atoms with Crippen LogP contribution in [0.2, 0.25) is 0 Å². The van der Waals surface area contributed by atoms with E-state index in [0.29, 0.717) is 18.5 Å². The summed E-state index contributed by atoms with van der Waals surface area (Å²) in [5, 5.41) is 14.4. The lowest BCUT2D eigenvalue weighted by atomic mass is 10.1. The Labute approximate surface area is 113 Å². The molecule has 3 N–H and O–H groups in total. The highest BCUT2D eigenvalue weighted by molar-refractivity contribution is 5.94. The van der Waals surface area contributed by atoms with Gasteiger partial charge in [0.05, 0.1) is 0 Å². The fourth-order valence-electron chi connectivity index (χ4n) is 1.76. The molecule has 0 radical (unpaired) electrons. The Hall–Kier alpha value is -1.88. The molecule has 0 unspecified atom stereocenters. The zero-order valence-electron chi connectivity index (χ0n) is 11.1. The predicted molar refractivity (Wildman–Crippen MR) is 73.1 cm³/mol. The summed E-state index contributed by atoms with van der Waals surface area (Å²) in [6.45, 7) is 0.559. The second-order valence-corrected chi connectivity index (χ2v) is 4.30. The molecule has 0 saturated heterocycles. The van der Waals surface area contributed by atoms with E-state index in [4.69, 9.17) is 5.11 Å². The largest absolute Gasteiger partial charge is 0.480 e. The molecule has 0 fully saturated rings. The van der Waals surface area contributed by atoms with Crippen LogP contribution >= 0.6 is 0 Å². The van der Waals surface area contributed by atoms with E-state index in [1.807, 2.05) is 18.2 Å². The van der Waals surface area contributed by atoms with E-state index in [1.54, 1.807) is 19.2 Å². The van der Waals surface area contributed by atoms with E-state index >= 15 is 0 Å². The van der Waals surface area contributed by atoms with Gasteiger partial charge < -0.3 is 15.7 Å². The van der Waals surface area contributed by atoms with Gasteiger partial charge >= 0.3 is 5.97 Å². The molecule has 0 bridgehead atoms. The summed E-state index contributed by atoms with van der Waals surface area (Å²) in [7, 11) is 1.63. The molecule has 0 aliphatic heterocycles. The van der Waals surface area contributed by atoms with Crippen molar-refractivity contribution >= 4 is 11.9 Å². The van der Waals surface area contributed by atoms with Crippen LogP contribution in [0.4, 0.5) is 0 Å². The molecular weight excluding hydrogens is 244 g/mol. The summed E-state index contributed by atoms with van der Waals surface area (Å²) in [4.78, 5) is 22.4. The van der Waals surface area contributed by atoms with Crippen LogP contribution in [0.1, 0.15) is 29.6 Å². The first-order valence-corrected chi connectivity index (χ1v) is 6.38. The minimum Gasteiger partial charge on any atom is -0.480 e. The molecule has 0 aromatic heterocycles. The fraction of sp³-hybridized carbons (Fsp3) is 0.429. The van der Waals surface area contributed by atoms with Crippen LogP contribution < -0.4 is 10.6 Å². The number of carbonyl (C=O) groups is 2. The number of unbranched alkanes of at least 4 members (excludes halogenated alkanes) is 1. The van der Waals surface area contributed by atoms with Gasteiger partial charge in [-0.2, -0.15) is 0 Å². The van der Waals surface area contributed by atoms with Crippen molar-refractivity contribution < 1.29 is 14.7 Å². The van der Waals surface area contributed by atoms with E-state index in [0.717, 1.165) is 12.8 Å². The van der Waals surface area contributed by atoms with Crippen LogP contribution in [0.5, 0.6) is 0 Å². The summed E-state index contributed by atoms with van der Waals surface area (Å²) in [6, 6.07) is 8.51. The maximum Gasteiger partial charge on any atom is 0.320 e. The molecule has 0 heterocycles. The average Bonchev–Trinajstić information content (AvgIpc) is 2.43. The number of rotatable bonds is 8. The Balaban J connectivity index is 2.18. The van der Waals surface area contributed by atoms with E-state index < -0.39 is 12.0 Å². The summed E-state index contributed by atoms with van der Waals surface area (Å²) in [5.74, 6) is -0.931. The van der Waals surface area contributed by atoms with Gasteiger partial charge in [-0.1, -0.05) is 18.2 Å². The zero-order valence-corrected chi connectivity index (χ0v) is 11.1. The average molecular weight is 264 g/mol. The third-order valence-electron chi connectivity index (χ3n) is 2.89. The molecule has 5 nitrogen and oxygen atoms in total. The van der Waals surface area contributed by atoms with Crippen LogP contribution in [-0.4, -0.2) is 36.6 Å². The summed E-state index contributed by atoms with van der Waals surface area (Å²) < 4.78 is 0. The van der Waals surface area contributed by atoms with Gasteiger partial charge in [0.15, 0.2) is 0 Å². The number of carboxylic acid groups (broad SMARTS) is 1. The van der Waals surface area contributed by atoms with E-state index in [9.17, 15) is 9.59 Å². The molecular formula is C14H20N2O3. The molecule has 0 saturated carbocycles. The van der Waals surface area contributed by atoms with Crippen LogP contribution in [-0.2, 0) is 4.79 Å². The molecule has 0 aliphatic rings. The maximum absolute atomic E-state index is 11.7. The molecule has 0 spiro atoms. The van der Waals surface area contributed by atoms with Crippen molar-refractivity contribution in [3.8, 4) is 0 Å². The van der Waals surface area contributed by atoms with E-state index in [2.05, 4.69) is 10.6 Å². The minimum absolute atomic E-state index is 0.0935. The highest BCUT2D eigenvalue weighted by atomic mass is 16.4. The van der Waals surface area contributed by atoms with Gasteiger partial charge in [0, 0.05) is 12.1 Å². The number of likely N-dealkylation sites (N-methyl/N-ethyl adjacent to an activating group) is 1. The predicted octanol–water partition coefficient (Wildman–Crippen LogP) is 1.26. The van der Waals surface area contributed by atoms with Gasteiger partial charge in [-0.25, -0.2) is 0 Å². The molecule has 1 aromatic rings. The second kappa shape index (κ2) is 8.26. The maximum atomic E-state index is 11.7. The fourth-order valence-corrected chi connectivity index (χ4v) is 1.76. The third kappa shape index (κ3) is 5.52. The van der Waals surface area contributed by atoms with Gasteiger partial charge in [-0.05, 0) is 38.4 Å². The van der Waals surface area contributed by atoms with Crippen LogP contribution in [0.15, 0.2) is 30.3 Å². The first kappa shape index (κ1) is 15.2.